The average Bonchev–Trinajstić information content (AvgIpc) is 2.67. The predicted molar refractivity (Wildman–Crippen MR) is 102 cm³/mol. The van der Waals surface area contributed by atoms with E-state index in [9.17, 15) is 27.8 Å². The van der Waals surface area contributed by atoms with Crippen molar-refractivity contribution in [2.45, 2.75) is 43.4 Å². The number of aryl methyl sites for hydroxylation is 1. The molecule has 7 nitrogen and oxygen atoms in total. The maximum atomic E-state index is 13.2. The number of carboxylic acid groups (broad SMARTS) is 1. The third-order valence-electron chi connectivity index (χ3n) is 4.93. The Morgan fingerprint density at radius 2 is 1.90 bits per heavy atom. The van der Waals surface area contributed by atoms with Gasteiger partial charge in [-0.25, -0.2) is 12.8 Å². The first-order chi connectivity index (χ1) is 13.7. The Morgan fingerprint density at radius 3 is 2.52 bits per heavy atom. The van der Waals surface area contributed by atoms with E-state index >= 15 is 0 Å². The lowest BCUT2D eigenvalue weighted by Gasteiger charge is -2.34. The highest BCUT2D eigenvalue weighted by Gasteiger charge is 2.40. The number of piperidine rings is 1. The van der Waals surface area contributed by atoms with Crippen LogP contribution in [-0.4, -0.2) is 47.6 Å². The van der Waals surface area contributed by atoms with Crippen LogP contribution in [0.5, 0.6) is 5.75 Å². The first-order valence-corrected chi connectivity index (χ1v) is 10.5. The lowest BCUT2D eigenvalue weighted by molar-refractivity contribution is -0.143. The molecule has 1 saturated heterocycles. The second-order valence-electron chi connectivity index (χ2n) is 6.99. The van der Waals surface area contributed by atoms with Crippen LogP contribution >= 0.6 is 0 Å². The minimum atomic E-state index is -4.09. The van der Waals surface area contributed by atoms with Crippen molar-refractivity contribution in [3.8, 4) is 5.75 Å². The van der Waals surface area contributed by atoms with Gasteiger partial charge in [-0.15, -0.1) is 0 Å². The number of hydrogen-bond acceptors (Lipinski definition) is 5. The molecule has 156 valence electrons. The first-order valence-electron chi connectivity index (χ1n) is 9.09. The van der Waals surface area contributed by atoms with Crippen molar-refractivity contribution in [3.05, 3.63) is 59.4 Å². The van der Waals surface area contributed by atoms with Gasteiger partial charge in [0.25, 0.3) is 0 Å². The standard InChI is InChI=1S/C20H22FNO6S/c1-13-10-15(21)3-2-14(13)12-28-17-5-7-18(8-6-17)29(26,27)22-11-16(23)4-9-19(22)20(24)25/h2-3,5-8,10,16,19,23H,4,9,11-12H2,1H3,(H,24,25). The highest BCUT2D eigenvalue weighted by Crippen LogP contribution is 2.27. The van der Waals surface area contributed by atoms with Gasteiger partial charge >= 0.3 is 5.97 Å². The molecule has 1 aliphatic heterocycles. The van der Waals surface area contributed by atoms with Crippen LogP contribution in [0.4, 0.5) is 4.39 Å². The number of carboxylic acids is 1. The summed E-state index contributed by atoms with van der Waals surface area (Å²) >= 11 is 0. The minimum Gasteiger partial charge on any atom is -0.489 e. The van der Waals surface area contributed by atoms with Gasteiger partial charge in [0.05, 0.1) is 11.0 Å². The quantitative estimate of drug-likeness (QED) is 0.739. The number of rotatable bonds is 6. The van der Waals surface area contributed by atoms with Crippen LogP contribution in [-0.2, 0) is 21.4 Å². The third-order valence-corrected chi connectivity index (χ3v) is 6.81. The molecule has 0 bridgehead atoms. The molecule has 1 fully saturated rings. The van der Waals surface area contributed by atoms with Gasteiger partial charge in [0.2, 0.25) is 10.0 Å². The molecule has 2 N–H and O–H groups in total. The van der Waals surface area contributed by atoms with Crippen LogP contribution in [0.15, 0.2) is 47.4 Å². The van der Waals surface area contributed by atoms with E-state index in [-0.39, 0.29) is 36.7 Å². The molecule has 29 heavy (non-hydrogen) atoms. The molecular formula is C20H22FNO6S. The fraction of sp³-hybridized carbons (Fsp3) is 0.350. The maximum absolute atomic E-state index is 13.2. The zero-order chi connectivity index (χ0) is 21.2. The monoisotopic (exact) mass is 423 g/mol. The van der Waals surface area contributed by atoms with E-state index in [0.717, 1.165) is 15.4 Å². The normalized spacial score (nSPS) is 20.4. The Kier molecular flexibility index (Phi) is 6.21. The van der Waals surface area contributed by atoms with Crippen molar-refractivity contribution in [2.24, 2.45) is 0 Å². The smallest absolute Gasteiger partial charge is 0.322 e. The molecule has 1 aliphatic rings. The highest BCUT2D eigenvalue weighted by atomic mass is 32.2. The largest absolute Gasteiger partial charge is 0.489 e. The van der Waals surface area contributed by atoms with Crippen LogP contribution in [0.25, 0.3) is 0 Å². The van der Waals surface area contributed by atoms with Crippen molar-refractivity contribution in [3.63, 3.8) is 0 Å². The minimum absolute atomic E-state index is 0.0495. The van der Waals surface area contributed by atoms with Gasteiger partial charge in [0.1, 0.15) is 24.2 Å². The van der Waals surface area contributed by atoms with E-state index in [2.05, 4.69) is 0 Å². The Labute approximate surface area is 168 Å². The lowest BCUT2D eigenvalue weighted by Crippen LogP contribution is -2.51. The van der Waals surface area contributed by atoms with E-state index in [4.69, 9.17) is 4.74 Å². The van der Waals surface area contributed by atoms with E-state index < -0.39 is 28.1 Å². The summed E-state index contributed by atoms with van der Waals surface area (Å²) in [7, 11) is -4.09. The number of aliphatic hydroxyl groups excluding tert-OH is 1. The molecule has 2 unspecified atom stereocenters. The Bertz CT molecular complexity index is 993. The number of aliphatic hydroxyl groups is 1. The molecule has 2 aromatic carbocycles. The van der Waals surface area contributed by atoms with Crippen LogP contribution in [0.3, 0.4) is 0 Å². The third kappa shape index (κ3) is 4.75. The summed E-state index contributed by atoms with van der Waals surface area (Å²) < 4.78 is 45.4. The maximum Gasteiger partial charge on any atom is 0.322 e. The fourth-order valence-electron chi connectivity index (χ4n) is 3.26. The molecular weight excluding hydrogens is 401 g/mol. The van der Waals surface area contributed by atoms with Crippen molar-refractivity contribution in [2.75, 3.05) is 6.54 Å². The molecule has 2 aromatic rings. The number of nitrogens with zero attached hydrogens (tertiary/aromatic N) is 1. The summed E-state index contributed by atoms with van der Waals surface area (Å²) in [6.07, 6.45) is -0.617. The van der Waals surface area contributed by atoms with Gasteiger partial charge in [-0.1, -0.05) is 6.07 Å². The molecule has 9 heteroatoms. The van der Waals surface area contributed by atoms with Gasteiger partial charge in [-0.2, -0.15) is 4.31 Å². The molecule has 0 saturated carbocycles. The second-order valence-corrected chi connectivity index (χ2v) is 8.88. The lowest BCUT2D eigenvalue weighted by atomic mass is 10.0. The van der Waals surface area contributed by atoms with Gasteiger partial charge in [-0.05, 0) is 67.3 Å². The van der Waals surface area contributed by atoms with Crippen LogP contribution in [0.2, 0.25) is 0 Å². The number of halogens is 1. The fourth-order valence-corrected chi connectivity index (χ4v) is 4.91. The van der Waals surface area contributed by atoms with E-state index in [1.807, 2.05) is 0 Å². The first kappa shape index (κ1) is 21.2. The van der Waals surface area contributed by atoms with Gasteiger partial charge < -0.3 is 14.9 Å². The van der Waals surface area contributed by atoms with Crippen molar-refractivity contribution < 1.29 is 32.6 Å². The zero-order valence-electron chi connectivity index (χ0n) is 15.8. The molecule has 1 heterocycles. The molecule has 2 atom stereocenters. The highest BCUT2D eigenvalue weighted by molar-refractivity contribution is 7.89. The summed E-state index contributed by atoms with van der Waals surface area (Å²) in [4.78, 5) is 11.4. The number of carbonyl (C=O) groups is 1. The van der Waals surface area contributed by atoms with Crippen molar-refractivity contribution >= 4 is 16.0 Å². The van der Waals surface area contributed by atoms with Crippen LogP contribution < -0.4 is 4.74 Å². The zero-order valence-corrected chi connectivity index (χ0v) is 16.6. The number of aliphatic carboxylic acids is 1. The molecule has 0 spiro atoms. The number of sulfonamides is 1. The topological polar surface area (TPSA) is 104 Å². The summed E-state index contributed by atoms with van der Waals surface area (Å²) in [5.74, 6) is -1.15. The van der Waals surface area contributed by atoms with Gasteiger partial charge in [0, 0.05) is 6.54 Å². The van der Waals surface area contributed by atoms with E-state index in [0.29, 0.717) is 5.75 Å². The van der Waals surface area contributed by atoms with Crippen molar-refractivity contribution in [1.29, 1.82) is 0 Å². The second kappa shape index (κ2) is 8.48. The average molecular weight is 423 g/mol. The Hall–Kier alpha value is -2.49. The molecule has 0 amide bonds. The number of ether oxygens (including phenoxy) is 1. The Morgan fingerprint density at radius 1 is 1.21 bits per heavy atom. The number of hydrogen-bond donors (Lipinski definition) is 2. The predicted octanol–water partition coefficient (Wildman–Crippen LogP) is 2.31. The number of β-amino-alcohol motifs (C(OH)–C–C–N with tert-alkyl or cyclic N) is 1. The van der Waals surface area contributed by atoms with Gasteiger partial charge in [-0.3, -0.25) is 4.79 Å². The Balaban J connectivity index is 1.75. The number of benzene rings is 2. The van der Waals surface area contributed by atoms with Crippen LogP contribution in [0, 0.1) is 12.7 Å². The summed E-state index contributed by atoms with van der Waals surface area (Å²) in [6.45, 7) is 1.70. The van der Waals surface area contributed by atoms with Crippen molar-refractivity contribution in [1.82, 2.24) is 4.31 Å². The van der Waals surface area contributed by atoms with E-state index in [1.54, 1.807) is 13.0 Å². The molecule has 0 radical (unpaired) electrons. The summed E-state index contributed by atoms with van der Waals surface area (Å²) in [6, 6.07) is 8.78. The molecule has 0 aliphatic carbocycles. The van der Waals surface area contributed by atoms with Gasteiger partial charge in [0.15, 0.2) is 0 Å². The molecule has 0 aromatic heterocycles. The SMILES string of the molecule is Cc1cc(F)ccc1COc1ccc(S(=O)(=O)N2CC(O)CCC2C(=O)O)cc1. The molecule has 3 rings (SSSR count). The summed E-state index contributed by atoms with van der Waals surface area (Å²) in [5.41, 5.74) is 1.54. The van der Waals surface area contributed by atoms with E-state index in [1.165, 1.54) is 36.4 Å². The summed E-state index contributed by atoms with van der Waals surface area (Å²) in [5, 5.41) is 19.1. The van der Waals surface area contributed by atoms with Crippen LogP contribution in [0.1, 0.15) is 24.0 Å².